The molecule has 0 aliphatic rings. The third-order valence-corrected chi connectivity index (χ3v) is 4.49. The summed E-state index contributed by atoms with van der Waals surface area (Å²) < 4.78 is 29.7. The molecule has 0 spiro atoms. The van der Waals surface area contributed by atoms with Gasteiger partial charge in [0.2, 0.25) is 10.0 Å². The molecule has 1 atom stereocenters. The number of hydrogen-bond acceptors (Lipinski definition) is 5. The lowest BCUT2D eigenvalue weighted by Gasteiger charge is -2.23. The summed E-state index contributed by atoms with van der Waals surface area (Å²) in [5.74, 6) is 0.0362. The number of sulfonamides is 1. The van der Waals surface area contributed by atoms with Crippen LogP contribution in [-0.2, 0) is 14.8 Å². The van der Waals surface area contributed by atoms with Crippen molar-refractivity contribution in [3.8, 4) is 0 Å². The Bertz CT molecular complexity index is 342. The summed E-state index contributed by atoms with van der Waals surface area (Å²) >= 11 is 0. The quantitative estimate of drug-likeness (QED) is 0.208. The summed E-state index contributed by atoms with van der Waals surface area (Å²) in [7, 11) is -0.316. The van der Waals surface area contributed by atoms with Crippen molar-refractivity contribution in [2.45, 2.75) is 25.8 Å². The smallest absolute Gasteiger partial charge is 0.214 e. The van der Waals surface area contributed by atoms with E-state index in [1.54, 1.807) is 6.92 Å². The molecular formula is C9H21N3O4S. The minimum Gasteiger partial charge on any atom is -0.409 e. The van der Waals surface area contributed by atoms with E-state index >= 15 is 0 Å². The van der Waals surface area contributed by atoms with E-state index in [9.17, 15) is 8.42 Å². The summed E-state index contributed by atoms with van der Waals surface area (Å²) in [4.78, 5) is 0. The topological polar surface area (TPSA) is 105 Å². The van der Waals surface area contributed by atoms with Crippen molar-refractivity contribution in [3.05, 3.63) is 0 Å². The lowest BCUT2D eigenvalue weighted by molar-refractivity contribution is 0.199. The molecule has 0 aromatic heterocycles. The third-order valence-electron chi connectivity index (χ3n) is 2.44. The van der Waals surface area contributed by atoms with Crippen LogP contribution in [0.4, 0.5) is 0 Å². The minimum absolute atomic E-state index is 0.0106. The predicted molar refractivity (Wildman–Crippen MR) is 65.5 cm³/mol. The van der Waals surface area contributed by atoms with Gasteiger partial charge in [0, 0.05) is 33.2 Å². The summed E-state index contributed by atoms with van der Waals surface area (Å²) in [6.45, 7) is 2.10. The van der Waals surface area contributed by atoms with Crippen molar-refractivity contribution in [2.75, 3.05) is 26.5 Å². The summed E-state index contributed by atoms with van der Waals surface area (Å²) in [5.41, 5.74) is 5.34. The van der Waals surface area contributed by atoms with E-state index in [2.05, 4.69) is 5.16 Å². The SMILES string of the molecule is COCCCS(=O)(=O)N(C)C(C)CC(N)=NO. The molecule has 0 heterocycles. The molecule has 0 aromatic rings. The second-order valence-electron chi connectivity index (χ2n) is 3.82. The highest BCUT2D eigenvalue weighted by Gasteiger charge is 2.23. The molecule has 8 heteroatoms. The van der Waals surface area contributed by atoms with Crippen LogP contribution in [0, 0.1) is 0 Å². The zero-order valence-electron chi connectivity index (χ0n) is 10.5. The summed E-state index contributed by atoms with van der Waals surface area (Å²) in [6, 6.07) is -0.349. The van der Waals surface area contributed by atoms with E-state index < -0.39 is 10.0 Å². The molecule has 0 amide bonds. The standard InChI is InChI=1S/C9H21N3O4S/c1-8(7-9(10)11-13)12(2)17(14,15)6-4-5-16-3/h8,13H,4-7H2,1-3H3,(H2,10,11). The van der Waals surface area contributed by atoms with Crippen molar-refractivity contribution >= 4 is 15.9 Å². The molecule has 102 valence electrons. The molecule has 17 heavy (non-hydrogen) atoms. The molecule has 3 N–H and O–H groups in total. The molecule has 0 aliphatic carbocycles. The van der Waals surface area contributed by atoms with Gasteiger partial charge in [-0.2, -0.15) is 0 Å². The van der Waals surface area contributed by atoms with Crippen LogP contribution in [0.25, 0.3) is 0 Å². The van der Waals surface area contributed by atoms with Crippen molar-refractivity contribution in [1.82, 2.24) is 4.31 Å². The Balaban J connectivity index is 4.40. The lowest BCUT2D eigenvalue weighted by atomic mass is 10.2. The van der Waals surface area contributed by atoms with Gasteiger partial charge < -0.3 is 15.7 Å². The van der Waals surface area contributed by atoms with E-state index in [-0.39, 0.29) is 24.1 Å². The number of rotatable bonds is 8. The molecule has 7 nitrogen and oxygen atoms in total. The highest BCUT2D eigenvalue weighted by atomic mass is 32.2. The normalized spacial score (nSPS) is 15.2. The average Bonchev–Trinajstić information content (AvgIpc) is 2.27. The predicted octanol–water partition coefficient (Wildman–Crippen LogP) is -0.190. The van der Waals surface area contributed by atoms with Gasteiger partial charge in [0.1, 0.15) is 5.84 Å². The molecule has 0 radical (unpaired) electrons. The van der Waals surface area contributed by atoms with Gasteiger partial charge in [0.15, 0.2) is 0 Å². The van der Waals surface area contributed by atoms with Gasteiger partial charge in [0.05, 0.1) is 5.75 Å². The van der Waals surface area contributed by atoms with Crippen LogP contribution in [0.3, 0.4) is 0 Å². The molecule has 0 bridgehead atoms. The first kappa shape index (κ1) is 16.1. The van der Waals surface area contributed by atoms with Crippen LogP contribution in [0.1, 0.15) is 19.8 Å². The maximum atomic E-state index is 11.8. The first-order chi connectivity index (χ1) is 7.85. The number of hydrogen-bond donors (Lipinski definition) is 2. The fourth-order valence-corrected chi connectivity index (χ4v) is 2.67. The van der Waals surface area contributed by atoms with Crippen LogP contribution in [0.15, 0.2) is 5.16 Å². The number of oxime groups is 1. The van der Waals surface area contributed by atoms with E-state index in [4.69, 9.17) is 15.7 Å². The van der Waals surface area contributed by atoms with Crippen molar-refractivity contribution in [2.24, 2.45) is 10.9 Å². The number of nitrogens with zero attached hydrogens (tertiary/aromatic N) is 2. The van der Waals surface area contributed by atoms with Gasteiger partial charge in [-0.05, 0) is 13.3 Å². The van der Waals surface area contributed by atoms with Gasteiger partial charge in [-0.15, -0.1) is 0 Å². The highest BCUT2D eigenvalue weighted by molar-refractivity contribution is 7.89. The number of amidine groups is 1. The van der Waals surface area contributed by atoms with Crippen LogP contribution >= 0.6 is 0 Å². The largest absolute Gasteiger partial charge is 0.409 e. The van der Waals surface area contributed by atoms with E-state index in [1.807, 2.05) is 0 Å². The van der Waals surface area contributed by atoms with E-state index in [0.29, 0.717) is 13.0 Å². The van der Waals surface area contributed by atoms with Gasteiger partial charge >= 0.3 is 0 Å². The molecule has 0 fully saturated rings. The van der Waals surface area contributed by atoms with E-state index in [1.165, 1.54) is 18.5 Å². The fourth-order valence-electron chi connectivity index (χ4n) is 1.28. The molecule has 0 saturated carbocycles. The maximum absolute atomic E-state index is 11.8. The summed E-state index contributed by atoms with van der Waals surface area (Å²) in [6.07, 6.45) is 0.635. The Kier molecular flexibility index (Phi) is 7.09. The minimum atomic E-state index is -3.32. The lowest BCUT2D eigenvalue weighted by Crippen LogP contribution is -2.39. The van der Waals surface area contributed by atoms with Crippen LogP contribution in [-0.4, -0.2) is 56.3 Å². The Hall–Kier alpha value is -0.860. The number of methoxy groups -OCH3 is 1. The molecule has 0 aliphatic heterocycles. The first-order valence-corrected chi connectivity index (χ1v) is 6.87. The average molecular weight is 267 g/mol. The Morgan fingerprint density at radius 2 is 2.18 bits per heavy atom. The van der Waals surface area contributed by atoms with Crippen molar-refractivity contribution < 1.29 is 18.4 Å². The first-order valence-electron chi connectivity index (χ1n) is 5.26. The molecular weight excluding hydrogens is 246 g/mol. The maximum Gasteiger partial charge on any atom is 0.214 e. The zero-order valence-corrected chi connectivity index (χ0v) is 11.3. The second-order valence-corrected chi connectivity index (χ2v) is 5.97. The van der Waals surface area contributed by atoms with Crippen molar-refractivity contribution in [3.63, 3.8) is 0 Å². The van der Waals surface area contributed by atoms with Gasteiger partial charge in [0.25, 0.3) is 0 Å². The van der Waals surface area contributed by atoms with Crippen LogP contribution < -0.4 is 5.73 Å². The van der Waals surface area contributed by atoms with Gasteiger partial charge in [-0.3, -0.25) is 0 Å². The molecule has 0 rings (SSSR count). The monoisotopic (exact) mass is 267 g/mol. The molecule has 0 saturated heterocycles. The third kappa shape index (κ3) is 5.85. The van der Waals surface area contributed by atoms with Gasteiger partial charge in [-0.25, -0.2) is 12.7 Å². The van der Waals surface area contributed by atoms with Gasteiger partial charge in [-0.1, -0.05) is 5.16 Å². The molecule has 1 unspecified atom stereocenters. The van der Waals surface area contributed by atoms with Crippen LogP contribution in [0.5, 0.6) is 0 Å². The summed E-state index contributed by atoms with van der Waals surface area (Å²) in [5, 5.41) is 11.2. The number of nitrogens with two attached hydrogens (primary N) is 1. The van der Waals surface area contributed by atoms with E-state index in [0.717, 1.165) is 0 Å². The highest BCUT2D eigenvalue weighted by Crippen LogP contribution is 2.09. The van der Waals surface area contributed by atoms with Crippen molar-refractivity contribution in [1.29, 1.82) is 0 Å². The van der Waals surface area contributed by atoms with Crippen LogP contribution in [0.2, 0.25) is 0 Å². The zero-order chi connectivity index (χ0) is 13.5. The fraction of sp³-hybridized carbons (Fsp3) is 0.889. The Labute approximate surface area is 102 Å². The Morgan fingerprint density at radius 1 is 1.59 bits per heavy atom. The second kappa shape index (κ2) is 7.46. The Morgan fingerprint density at radius 3 is 2.65 bits per heavy atom. The molecule has 0 aromatic carbocycles. The number of ether oxygens (including phenoxy) is 1.